The first-order chi connectivity index (χ1) is 6.15. The molecule has 0 saturated carbocycles. The van der Waals surface area contributed by atoms with E-state index in [2.05, 4.69) is 15.6 Å². The Bertz CT molecular complexity index is 309. The average Bonchev–Trinajstić information content (AvgIpc) is 2.44. The van der Waals surface area contributed by atoms with Gasteiger partial charge < -0.3 is 15.2 Å². The van der Waals surface area contributed by atoms with Crippen LogP contribution in [0.4, 0.5) is 4.79 Å². The SMILES string of the molecule is CNC(=O)NCc1ncc(Cl)n1C. The number of nitrogens with one attached hydrogen (secondary N) is 2. The van der Waals surface area contributed by atoms with Crippen LogP contribution in [0, 0.1) is 0 Å². The van der Waals surface area contributed by atoms with Gasteiger partial charge in [0.25, 0.3) is 0 Å². The predicted molar refractivity (Wildman–Crippen MR) is 49.5 cm³/mol. The van der Waals surface area contributed by atoms with Crippen molar-refractivity contribution < 1.29 is 4.79 Å². The summed E-state index contributed by atoms with van der Waals surface area (Å²) in [5.41, 5.74) is 0. The molecule has 2 amide bonds. The van der Waals surface area contributed by atoms with Crippen LogP contribution in [-0.2, 0) is 13.6 Å². The second kappa shape index (κ2) is 4.13. The minimum absolute atomic E-state index is 0.237. The normalized spacial score (nSPS) is 9.77. The van der Waals surface area contributed by atoms with E-state index in [-0.39, 0.29) is 6.03 Å². The lowest BCUT2D eigenvalue weighted by atomic mass is 10.6. The molecule has 0 unspecified atom stereocenters. The lowest BCUT2D eigenvalue weighted by molar-refractivity contribution is 0.242. The van der Waals surface area contributed by atoms with E-state index in [1.807, 2.05) is 0 Å². The second-order valence-electron chi connectivity index (χ2n) is 2.49. The van der Waals surface area contributed by atoms with E-state index < -0.39 is 0 Å². The van der Waals surface area contributed by atoms with Gasteiger partial charge in [0.1, 0.15) is 11.0 Å². The molecule has 1 aromatic heterocycles. The Kier molecular flexibility index (Phi) is 3.13. The molecule has 0 aromatic carbocycles. The number of nitrogens with zero attached hydrogens (tertiary/aromatic N) is 2. The Morgan fingerprint density at radius 2 is 2.46 bits per heavy atom. The van der Waals surface area contributed by atoms with Crippen LogP contribution in [0.15, 0.2) is 6.20 Å². The Morgan fingerprint density at radius 3 is 2.92 bits per heavy atom. The molecule has 0 aliphatic carbocycles. The van der Waals surface area contributed by atoms with Crippen LogP contribution in [0.5, 0.6) is 0 Å². The third-order valence-corrected chi connectivity index (χ3v) is 2.01. The van der Waals surface area contributed by atoms with E-state index in [0.29, 0.717) is 17.5 Å². The van der Waals surface area contributed by atoms with Crippen molar-refractivity contribution in [3.05, 3.63) is 17.2 Å². The number of aromatic nitrogens is 2. The number of carbonyl (C=O) groups excluding carboxylic acids is 1. The van der Waals surface area contributed by atoms with Gasteiger partial charge in [0.2, 0.25) is 0 Å². The highest BCUT2D eigenvalue weighted by Crippen LogP contribution is 2.08. The van der Waals surface area contributed by atoms with Crippen molar-refractivity contribution in [1.29, 1.82) is 0 Å². The monoisotopic (exact) mass is 202 g/mol. The number of urea groups is 1. The summed E-state index contributed by atoms with van der Waals surface area (Å²) in [7, 11) is 3.34. The van der Waals surface area contributed by atoms with Crippen molar-refractivity contribution in [2.24, 2.45) is 7.05 Å². The van der Waals surface area contributed by atoms with E-state index in [4.69, 9.17) is 11.6 Å². The fourth-order valence-electron chi connectivity index (χ4n) is 0.836. The first kappa shape index (κ1) is 9.85. The summed E-state index contributed by atoms with van der Waals surface area (Å²) in [5, 5.41) is 5.60. The molecular weight excluding hydrogens is 192 g/mol. The van der Waals surface area contributed by atoms with Crippen molar-refractivity contribution in [3.8, 4) is 0 Å². The van der Waals surface area contributed by atoms with Crippen LogP contribution in [0.2, 0.25) is 5.15 Å². The van der Waals surface area contributed by atoms with Crippen LogP contribution in [0.25, 0.3) is 0 Å². The first-order valence-electron chi connectivity index (χ1n) is 3.77. The van der Waals surface area contributed by atoms with Crippen molar-refractivity contribution in [1.82, 2.24) is 20.2 Å². The molecule has 1 rings (SSSR count). The molecule has 0 spiro atoms. The molecule has 0 bridgehead atoms. The summed E-state index contributed by atoms with van der Waals surface area (Å²) in [6, 6.07) is -0.237. The summed E-state index contributed by atoms with van der Waals surface area (Å²) < 4.78 is 1.71. The highest BCUT2D eigenvalue weighted by molar-refractivity contribution is 6.29. The molecular formula is C7H11ClN4O. The van der Waals surface area contributed by atoms with Crippen molar-refractivity contribution in [2.45, 2.75) is 6.54 Å². The summed E-state index contributed by atoms with van der Waals surface area (Å²) >= 11 is 5.75. The van der Waals surface area contributed by atoms with Crippen molar-refractivity contribution in [2.75, 3.05) is 7.05 Å². The predicted octanol–water partition coefficient (Wildman–Crippen LogP) is 0.502. The zero-order chi connectivity index (χ0) is 9.84. The molecule has 0 aliphatic heterocycles. The molecule has 72 valence electrons. The van der Waals surface area contributed by atoms with Crippen LogP contribution in [0.3, 0.4) is 0 Å². The lowest BCUT2D eigenvalue weighted by Crippen LogP contribution is -2.32. The Balaban J connectivity index is 2.55. The fourth-order valence-corrected chi connectivity index (χ4v) is 0.983. The van der Waals surface area contributed by atoms with Crippen LogP contribution in [0.1, 0.15) is 5.82 Å². The Labute approximate surface area is 81.1 Å². The molecule has 0 radical (unpaired) electrons. The number of carbonyl (C=O) groups is 1. The maximum atomic E-state index is 10.8. The van der Waals surface area contributed by atoms with Crippen LogP contribution in [-0.4, -0.2) is 22.6 Å². The molecule has 0 atom stereocenters. The van der Waals surface area contributed by atoms with E-state index in [1.165, 1.54) is 0 Å². The van der Waals surface area contributed by atoms with E-state index in [0.717, 1.165) is 0 Å². The van der Waals surface area contributed by atoms with E-state index in [1.54, 1.807) is 24.9 Å². The number of hydrogen-bond donors (Lipinski definition) is 2. The van der Waals surface area contributed by atoms with Crippen LogP contribution >= 0.6 is 11.6 Å². The van der Waals surface area contributed by atoms with Gasteiger partial charge in [0, 0.05) is 14.1 Å². The van der Waals surface area contributed by atoms with E-state index in [9.17, 15) is 4.79 Å². The topological polar surface area (TPSA) is 59.0 Å². The number of imidazole rings is 1. The molecule has 0 fully saturated rings. The second-order valence-corrected chi connectivity index (χ2v) is 2.88. The third-order valence-electron chi connectivity index (χ3n) is 1.66. The van der Waals surface area contributed by atoms with E-state index >= 15 is 0 Å². The number of hydrogen-bond acceptors (Lipinski definition) is 2. The van der Waals surface area contributed by atoms with Gasteiger partial charge in [0.15, 0.2) is 0 Å². The largest absolute Gasteiger partial charge is 0.341 e. The summed E-state index contributed by atoms with van der Waals surface area (Å²) in [5.74, 6) is 0.716. The molecule has 13 heavy (non-hydrogen) atoms. The van der Waals surface area contributed by atoms with Gasteiger partial charge in [-0.05, 0) is 0 Å². The van der Waals surface area contributed by atoms with Gasteiger partial charge in [-0.3, -0.25) is 0 Å². The molecule has 0 saturated heterocycles. The zero-order valence-corrected chi connectivity index (χ0v) is 8.22. The molecule has 5 nitrogen and oxygen atoms in total. The minimum Gasteiger partial charge on any atom is -0.341 e. The molecule has 0 aliphatic rings. The summed E-state index contributed by atoms with van der Waals surface area (Å²) in [6.07, 6.45) is 1.54. The van der Waals surface area contributed by atoms with Crippen molar-refractivity contribution >= 4 is 17.6 Å². The highest BCUT2D eigenvalue weighted by Gasteiger charge is 2.04. The number of halogens is 1. The molecule has 6 heteroatoms. The van der Waals surface area contributed by atoms with Gasteiger partial charge in [-0.15, -0.1) is 0 Å². The average molecular weight is 203 g/mol. The minimum atomic E-state index is -0.237. The molecule has 2 N–H and O–H groups in total. The Morgan fingerprint density at radius 1 is 1.77 bits per heavy atom. The highest BCUT2D eigenvalue weighted by atomic mass is 35.5. The lowest BCUT2D eigenvalue weighted by Gasteiger charge is -2.04. The van der Waals surface area contributed by atoms with Crippen molar-refractivity contribution in [3.63, 3.8) is 0 Å². The standard InChI is InChI=1S/C7H11ClN4O/c1-9-7(13)11-4-6-10-3-5(8)12(6)2/h3H,4H2,1-2H3,(H2,9,11,13). The van der Waals surface area contributed by atoms with Gasteiger partial charge in [0.05, 0.1) is 12.7 Å². The van der Waals surface area contributed by atoms with Gasteiger partial charge in [-0.25, -0.2) is 9.78 Å². The number of rotatable bonds is 2. The maximum absolute atomic E-state index is 10.8. The van der Waals surface area contributed by atoms with Gasteiger partial charge in [-0.1, -0.05) is 11.6 Å². The smallest absolute Gasteiger partial charge is 0.314 e. The molecule has 1 aromatic rings. The van der Waals surface area contributed by atoms with Gasteiger partial charge in [-0.2, -0.15) is 0 Å². The quantitative estimate of drug-likeness (QED) is 0.734. The summed E-state index contributed by atoms with van der Waals surface area (Å²) in [6.45, 7) is 0.364. The summed E-state index contributed by atoms with van der Waals surface area (Å²) in [4.78, 5) is 14.8. The molecule has 1 heterocycles. The zero-order valence-electron chi connectivity index (χ0n) is 7.47. The maximum Gasteiger partial charge on any atom is 0.314 e. The number of amides is 2. The van der Waals surface area contributed by atoms with Crippen LogP contribution < -0.4 is 10.6 Å². The third kappa shape index (κ3) is 2.35. The Hall–Kier alpha value is -1.23. The van der Waals surface area contributed by atoms with Gasteiger partial charge >= 0.3 is 6.03 Å². The first-order valence-corrected chi connectivity index (χ1v) is 4.14. The fraction of sp³-hybridized carbons (Fsp3) is 0.429.